The lowest BCUT2D eigenvalue weighted by Gasteiger charge is -2.48. The molecule has 168 valence electrons. The van der Waals surface area contributed by atoms with Gasteiger partial charge in [-0.2, -0.15) is 0 Å². The average molecular weight is 426 g/mol. The topological polar surface area (TPSA) is 60.9 Å². The predicted octanol–water partition coefficient (Wildman–Crippen LogP) is 2.59. The Hall–Kier alpha value is -2.12. The third-order valence-electron chi connectivity index (χ3n) is 7.58. The molecule has 3 aliphatic heterocycles. The van der Waals surface area contributed by atoms with Crippen LogP contribution in [0.3, 0.4) is 0 Å². The molecule has 2 saturated heterocycles. The second kappa shape index (κ2) is 8.79. The Kier molecular flexibility index (Phi) is 5.89. The first-order valence-corrected chi connectivity index (χ1v) is 11.9. The Bertz CT molecular complexity index is 827. The summed E-state index contributed by atoms with van der Waals surface area (Å²) in [5, 5.41) is 3.41. The summed E-state index contributed by atoms with van der Waals surface area (Å²) in [6.07, 6.45) is 8.89. The number of nitrogens with one attached hydrogen (secondary N) is 1. The van der Waals surface area contributed by atoms with Crippen molar-refractivity contribution in [2.24, 2.45) is 5.41 Å². The lowest BCUT2D eigenvalue weighted by molar-refractivity contribution is -0.00294. The zero-order valence-corrected chi connectivity index (χ0v) is 18.7. The van der Waals surface area contributed by atoms with E-state index in [9.17, 15) is 4.79 Å². The molecule has 0 bridgehead atoms. The summed E-state index contributed by atoms with van der Waals surface area (Å²) >= 11 is 0. The fourth-order valence-corrected chi connectivity index (χ4v) is 5.95. The third kappa shape index (κ3) is 4.17. The first-order chi connectivity index (χ1) is 15.2. The molecule has 1 aromatic rings. The molecular formula is C24H35N5O2. The summed E-state index contributed by atoms with van der Waals surface area (Å²) in [5.74, 6) is 1.15. The number of rotatable bonds is 4. The van der Waals surface area contributed by atoms with Gasteiger partial charge in [0.25, 0.3) is 0 Å². The number of likely N-dealkylation sites (tertiary alicyclic amines) is 1. The van der Waals surface area contributed by atoms with E-state index >= 15 is 0 Å². The summed E-state index contributed by atoms with van der Waals surface area (Å²) in [6.45, 7) is 10.4. The molecule has 1 saturated carbocycles. The van der Waals surface area contributed by atoms with Gasteiger partial charge in [0.1, 0.15) is 5.82 Å². The highest BCUT2D eigenvalue weighted by atomic mass is 16.6. The molecule has 7 nitrogen and oxygen atoms in total. The summed E-state index contributed by atoms with van der Waals surface area (Å²) in [7, 11) is 0. The van der Waals surface area contributed by atoms with Crippen LogP contribution in [-0.2, 0) is 4.74 Å². The molecule has 1 amide bonds. The number of hydrogen-bond donors (Lipinski definition) is 1. The first-order valence-electron chi connectivity index (χ1n) is 11.9. The minimum atomic E-state index is -0.139. The van der Waals surface area contributed by atoms with E-state index in [4.69, 9.17) is 9.72 Å². The van der Waals surface area contributed by atoms with Crippen LogP contribution in [0.5, 0.6) is 0 Å². The van der Waals surface area contributed by atoms with Crippen molar-refractivity contribution >= 4 is 17.5 Å². The summed E-state index contributed by atoms with van der Waals surface area (Å²) in [5.41, 5.74) is 3.08. The Morgan fingerprint density at radius 1 is 1.29 bits per heavy atom. The largest absolute Gasteiger partial charge is 0.450 e. The van der Waals surface area contributed by atoms with Crippen LogP contribution in [0.15, 0.2) is 24.4 Å². The predicted molar refractivity (Wildman–Crippen MR) is 122 cm³/mol. The van der Waals surface area contributed by atoms with Crippen LogP contribution in [0.1, 0.15) is 38.2 Å². The van der Waals surface area contributed by atoms with Gasteiger partial charge in [-0.3, -0.25) is 4.90 Å². The fourth-order valence-electron chi connectivity index (χ4n) is 5.95. The monoisotopic (exact) mass is 425 g/mol. The molecule has 0 unspecified atom stereocenters. The Morgan fingerprint density at radius 3 is 2.87 bits per heavy atom. The molecule has 0 aromatic carbocycles. The van der Waals surface area contributed by atoms with Crippen LogP contribution in [0.25, 0.3) is 5.57 Å². The Labute approximate surface area is 185 Å². The molecular weight excluding hydrogens is 390 g/mol. The number of ether oxygens (including phenoxy) is 1. The number of hydrogen-bond acceptors (Lipinski definition) is 6. The van der Waals surface area contributed by atoms with Crippen molar-refractivity contribution in [1.29, 1.82) is 0 Å². The van der Waals surface area contributed by atoms with Gasteiger partial charge in [-0.05, 0) is 56.9 Å². The molecule has 4 heterocycles. The Balaban J connectivity index is 1.16. The van der Waals surface area contributed by atoms with Crippen molar-refractivity contribution in [3.05, 3.63) is 30.0 Å². The highest BCUT2D eigenvalue weighted by Gasteiger charge is 2.51. The summed E-state index contributed by atoms with van der Waals surface area (Å²) < 4.78 is 5.16. The maximum atomic E-state index is 11.9. The molecule has 1 atom stereocenters. The van der Waals surface area contributed by atoms with Crippen molar-refractivity contribution in [1.82, 2.24) is 20.1 Å². The molecule has 1 aliphatic carbocycles. The minimum absolute atomic E-state index is 0.139. The zero-order chi connectivity index (χ0) is 21.3. The minimum Gasteiger partial charge on any atom is -0.450 e. The van der Waals surface area contributed by atoms with Gasteiger partial charge in [-0.1, -0.05) is 6.08 Å². The van der Waals surface area contributed by atoms with Crippen molar-refractivity contribution in [3.63, 3.8) is 0 Å². The number of carbonyl (C=O) groups excluding carboxylic acids is 1. The SMILES string of the molecule is CCOC(=O)N1CC2(CC[C@@H](N3CCN(c4ncccc4C4=CCNCC4)CC3)C2)C1. The van der Waals surface area contributed by atoms with Gasteiger partial charge in [-0.25, -0.2) is 9.78 Å². The second-order valence-corrected chi connectivity index (χ2v) is 9.53. The van der Waals surface area contributed by atoms with Crippen LogP contribution in [-0.4, -0.2) is 85.9 Å². The van der Waals surface area contributed by atoms with E-state index in [-0.39, 0.29) is 6.09 Å². The molecule has 7 heteroatoms. The number of pyridine rings is 1. The normalized spacial score (nSPS) is 26.0. The lowest BCUT2D eigenvalue weighted by atomic mass is 9.78. The van der Waals surface area contributed by atoms with Crippen molar-refractivity contribution in [2.75, 3.05) is 63.9 Å². The first kappa shape index (κ1) is 20.8. The smallest absolute Gasteiger partial charge is 0.409 e. The van der Waals surface area contributed by atoms with Gasteiger partial charge in [0.05, 0.1) is 6.61 Å². The van der Waals surface area contributed by atoms with Gasteiger partial charge >= 0.3 is 6.09 Å². The van der Waals surface area contributed by atoms with Crippen LogP contribution >= 0.6 is 0 Å². The third-order valence-corrected chi connectivity index (χ3v) is 7.58. The lowest BCUT2D eigenvalue weighted by Crippen LogP contribution is -2.58. The fraction of sp³-hybridized carbons (Fsp3) is 0.667. The average Bonchev–Trinajstić information content (AvgIpc) is 3.25. The van der Waals surface area contributed by atoms with E-state index < -0.39 is 0 Å². The van der Waals surface area contributed by atoms with E-state index in [1.807, 2.05) is 18.0 Å². The van der Waals surface area contributed by atoms with Crippen LogP contribution in [0, 0.1) is 5.41 Å². The Morgan fingerprint density at radius 2 is 2.13 bits per heavy atom. The highest BCUT2D eigenvalue weighted by Crippen LogP contribution is 2.47. The van der Waals surface area contributed by atoms with Crippen molar-refractivity contribution in [3.8, 4) is 0 Å². The highest BCUT2D eigenvalue weighted by molar-refractivity contribution is 5.75. The second-order valence-electron chi connectivity index (χ2n) is 9.53. The summed E-state index contributed by atoms with van der Waals surface area (Å²) in [6, 6.07) is 4.95. The number of piperazine rings is 1. The van der Waals surface area contributed by atoms with Gasteiger partial charge in [0, 0.05) is 69.0 Å². The van der Waals surface area contributed by atoms with Crippen LogP contribution < -0.4 is 10.2 Å². The van der Waals surface area contributed by atoms with Gasteiger partial charge < -0.3 is 19.9 Å². The molecule has 1 spiro atoms. The molecule has 5 rings (SSSR count). The maximum absolute atomic E-state index is 11.9. The molecule has 4 aliphatic rings. The number of anilines is 1. The molecule has 1 aromatic heterocycles. The van der Waals surface area contributed by atoms with Gasteiger partial charge in [0.15, 0.2) is 0 Å². The van der Waals surface area contributed by atoms with E-state index in [0.29, 0.717) is 18.1 Å². The van der Waals surface area contributed by atoms with E-state index in [1.165, 1.54) is 30.4 Å². The maximum Gasteiger partial charge on any atom is 0.409 e. The number of carbonyl (C=O) groups is 1. The quantitative estimate of drug-likeness (QED) is 0.800. The van der Waals surface area contributed by atoms with E-state index in [1.54, 1.807) is 0 Å². The molecule has 31 heavy (non-hydrogen) atoms. The van der Waals surface area contributed by atoms with Gasteiger partial charge in [-0.15, -0.1) is 0 Å². The van der Waals surface area contributed by atoms with Crippen molar-refractivity contribution < 1.29 is 9.53 Å². The van der Waals surface area contributed by atoms with E-state index in [0.717, 1.165) is 64.6 Å². The number of amides is 1. The summed E-state index contributed by atoms with van der Waals surface area (Å²) in [4.78, 5) is 23.8. The van der Waals surface area contributed by atoms with E-state index in [2.05, 4.69) is 33.3 Å². The van der Waals surface area contributed by atoms with Crippen LogP contribution in [0.4, 0.5) is 10.6 Å². The molecule has 0 radical (unpaired) electrons. The van der Waals surface area contributed by atoms with Gasteiger partial charge in [0.2, 0.25) is 0 Å². The van der Waals surface area contributed by atoms with Crippen molar-refractivity contribution in [2.45, 2.75) is 38.6 Å². The number of nitrogens with zero attached hydrogens (tertiary/aromatic N) is 4. The van der Waals surface area contributed by atoms with Crippen LogP contribution in [0.2, 0.25) is 0 Å². The zero-order valence-electron chi connectivity index (χ0n) is 18.7. The number of aromatic nitrogens is 1. The standard InChI is InChI=1S/C24H35N5O2/c1-2-31-23(30)29-17-24(18-29)8-5-20(16-24)27-12-14-28(15-13-27)22-21(4-3-9-26-22)19-6-10-25-11-7-19/h3-4,6,9,20,25H,2,5,7-8,10-18H2,1H3/t20-/m1/s1. The molecule has 3 fully saturated rings. The molecule has 1 N–H and O–H groups in total.